The monoisotopic (exact) mass is 196 g/mol. The molecule has 0 fully saturated rings. The van der Waals surface area contributed by atoms with Crippen LogP contribution < -0.4 is 5.73 Å². The molecule has 0 bridgehead atoms. The average molecular weight is 197 g/mol. The van der Waals surface area contributed by atoms with E-state index in [1.54, 1.807) is 11.6 Å². The van der Waals surface area contributed by atoms with Crippen LogP contribution in [0.25, 0.3) is 11.3 Å². The Hall–Kier alpha value is -1.42. The van der Waals surface area contributed by atoms with Crippen LogP contribution in [0.4, 0.5) is 5.95 Å². The molecule has 0 saturated carbocycles. The Labute approximate surface area is 80.3 Å². The van der Waals surface area contributed by atoms with Crippen LogP contribution in [0.1, 0.15) is 0 Å². The molecule has 0 aliphatic carbocycles. The molecule has 0 saturated heterocycles. The van der Waals surface area contributed by atoms with Gasteiger partial charge in [-0.1, -0.05) is 11.6 Å². The lowest BCUT2D eigenvalue weighted by molar-refractivity contribution is 0.931. The van der Waals surface area contributed by atoms with Crippen molar-refractivity contribution in [3.05, 3.63) is 23.6 Å². The van der Waals surface area contributed by atoms with Crippen molar-refractivity contribution < 1.29 is 0 Å². The number of hydrogen-bond donors (Lipinski definition) is 2. The van der Waals surface area contributed by atoms with Crippen molar-refractivity contribution in [2.75, 3.05) is 5.73 Å². The van der Waals surface area contributed by atoms with Crippen LogP contribution in [0, 0.1) is 0 Å². The molecule has 0 amide bonds. The normalized spacial score (nSPS) is 10.6. The van der Waals surface area contributed by atoms with Crippen LogP contribution in [0.15, 0.2) is 18.5 Å². The number of nitrogens with one attached hydrogen (secondary N) is 1. The number of nitrogen functional groups attached to an aromatic ring is 1. The van der Waals surface area contributed by atoms with E-state index in [1.807, 2.05) is 18.5 Å². The topological polar surface area (TPSA) is 59.6 Å². The molecule has 3 N–H and O–H groups in total. The smallest absolute Gasteiger partial charge is 0.201 e. The number of aromatic nitrogens is 3. The van der Waals surface area contributed by atoms with Crippen LogP contribution in [0.2, 0.25) is 5.15 Å². The third-order valence-electron chi connectivity index (χ3n) is 1.93. The number of halogens is 1. The summed E-state index contributed by atoms with van der Waals surface area (Å²) in [6.07, 6.45) is 3.64. The zero-order valence-corrected chi connectivity index (χ0v) is 7.84. The summed E-state index contributed by atoms with van der Waals surface area (Å²) in [5, 5.41) is 0.553. The van der Waals surface area contributed by atoms with Gasteiger partial charge in [0.05, 0.1) is 0 Å². The molecule has 2 rings (SSSR count). The van der Waals surface area contributed by atoms with Gasteiger partial charge in [-0.3, -0.25) is 0 Å². The average Bonchev–Trinajstić information content (AvgIpc) is 2.70. The lowest BCUT2D eigenvalue weighted by Crippen LogP contribution is -1.96. The SMILES string of the molecule is Cn1c(N)nc(-c2cc[nH]c2)c1Cl. The fraction of sp³-hybridized carbons (Fsp3) is 0.125. The predicted molar refractivity (Wildman–Crippen MR) is 52.4 cm³/mol. The van der Waals surface area contributed by atoms with Gasteiger partial charge in [0.15, 0.2) is 0 Å². The fourth-order valence-corrected chi connectivity index (χ4v) is 1.39. The quantitative estimate of drug-likeness (QED) is 0.729. The highest BCUT2D eigenvalue weighted by Crippen LogP contribution is 2.27. The standard InChI is InChI=1S/C8H9ClN4/c1-13-7(9)6(12-8(13)10)5-2-3-11-4-5/h2-4,11H,1H3,(H2,10,12). The molecule has 0 unspecified atom stereocenters. The maximum Gasteiger partial charge on any atom is 0.201 e. The van der Waals surface area contributed by atoms with Gasteiger partial charge in [0.1, 0.15) is 10.8 Å². The Morgan fingerprint density at radius 1 is 1.62 bits per heavy atom. The fourth-order valence-electron chi connectivity index (χ4n) is 1.15. The lowest BCUT2D eigenvalue weighted by atomic mass is 10.3. The second-order valence-electron chi connectivity index (χ2n) is 2.77. The summed E-state index contributed by atoms with van der Waals surface area (Å²) in [4.78, 5) is 7.08. The zero-order chi connectivity index (χ0) is 9.42. The predicted octanol–water partition coefficient (Wildman–Crippen LogP) is 1.65. The van der Waals surface area contributed by atoms with Crippen molar-refractivity contribution in [3.63, 3.8) is 0 Å². The van der Waals surface area contributed by atoms with Gasteiger partial charge >= 0.3 is 0 Å². The van der Waals surface area contributed by atoms with E-state index < -0.39 is 0 Å². The number of rotatable bonds is 1. The minimum absolute atomic E-state index is 0.418. The summed E-state index contributed by atoms with van der Waals surface area (Å²) in [6.45, 7) is 0. The summed E-state index contributed by atoms with van der Waals surface area (Å²) < 4.78 is 1.64. The summed E-state index contributed by atoms with van der Waals surface area (Å²) in [6, 6.07) is 1.90. The number of aromatic amines is 1. The van der Waals surface area contributed by atoms with Crippen molar-refractivity contribution in [1.29, 1.82) is 0 Å². The molecule has 0 atom stereocenters. The van der Waals surface area contributed by atoms with Gasteiger partial charge in [0, 0.05) is 25.0 Å². The first-order valence-electron chi connectivity index (χ1n) is 3.81. The second kappa shape index (κ2) is 2.81. The van der Waals surface area contributed by atoms with E-state index in [9.17, 15) is 0 Å². The van der Waals surface area contributed by atoms with E-state index in [0.29, 0.717) is 16.8 Å². The summed E-state index contributed by atoms with van der Waals surface area (Å²) in [5.74, 6) is 0.418. The molecule has 0 radical (unpaired) electrons. The Morgan fingerprint density at radius 3 is 2.85 bits per heavy atom. The molecule has 68 valence electrons. The zero-order valence-electron chi connectivity index (χ0n) is 7.08. The minimum atomic E-state index is 0.418. The first-order valence-corrected chi connectivity index (χ1v) is 4.19. The van der Waals surface area contributed by atoms with E-state index in [4.69, 9.17) is 17.3 Å². The van der Waals surface area contributed by atoms with Crippen molar-refractivity contribution >= 4 is 17.5 Å². The first-order chi connectivity index (χ1) is 6.20. The Morgan fingerprint density at radius 2 is 2.38 bits per heavy atom. The van der Waals surface area contributed by atoms with Gasteiger partial charge in [-0.2, -0.15) is 0 Å². The van der Waals surface area contributed by atoms with E-state index in [2.05, 4.69) is 9.97 Å². The molecule has 0 aliphatic rings. The first kappa shape index (κ1) is 8.19. The number of nitrogens with two attached hydrogens (primary N) is 1. The number of hydrogen-bond acceptors (Lipinski definition) is 2. The summed E-state index contributed by atoms with van der Waals surface area (Å²) in [7, 11) is 1.78. The van der Waals surface area contributed by atoms with Gasteiger partial charge in [0.2, 0.25) is 5.95 Å². The van der Waals surface area contributed by atoms with Gasteiger partial charge in [-0.25, -0.2) is 4.98 Å². The highest BCUT2D eigenvalue weighted by molar-refractivity contribution is 6.32. The molecule has 2 heterocycles. The van der Waals surface area contributed by atoms with Gasteiger partial charge in [0.25, 0.3) is 0 Å². The Balaban J connectivity index is 2.59. The highest BCUT2D eigenvalue weighted by Gasteiger charge is 2.12. The van der Waals surface area contributed by atoms with E-state index >= 15 is 0 Å². The van der Waals surface area contributed by atoms with E-state index in [-0.39, 0.29) is 0 Å². The molecule has 0 spiro atoms. The number of anilines is 1. The van der Waals surface area contributed by atoms with Crippen LogP contribution in [-0.2, 0) is 7.05 Å². The molecular formula is C8H9ClN4. The van der Waals surface area contributed by atoms with E-state index in [1.165, 1.54) is 0 Å². The van der Waals surface area contributed by atoms with Crippen molar-refractivity contribution in [2.24, 2.45) is 7.05 Å². The van der Waals surface area contributed by atoms with Gasteiger partial charge < -0.3 is 15.3 Å². The molecule has 0 aromatic carbocycles. The second-order valence-corrected chi connectivity index (χ2v) is 3.13. The van der Waals surface area contributed by atoms with Crippen molar-refractivity contribution in [2.45, 2.75) is 0 Å². The Bertz CT molecular complexity index is 416. The molecule has 2 aromatic rings. The number of H-pyrrole nitrogens is 1. The largest absolute Gasteiger partial charge is 0.369 e. The van der Waals surface area contributed by atoms with Crippen LogP contribution >= 0.6 is 11.6 Å². The van der Waals surface area contributed by atoms with Crippen molar-refractivity contribution in [3.8, 4) is 11.3 Å². The minimum Gasteiger partial charge on any atom is -0.369 e. The molecule has 5 heteroatoms. The lowest BCUT2D eigenvalue weighted by Gasteiger charge is -1.94. The molecule has 0 aliphatic heterocycles. The molecule has 13 heavy (non-hydrogen) atoms. The third-order valence-corrected chi connectivity index (χ3v) is 2.36. The van der Waals surface area contributed by atoms with E-state index in [0.717, 1.165) is 5.56 Å². The maximum atomic E-state index is 6.01. The third kappa shape index (κ3) is 1.19. The van der Waals surface area contributed by atoms with Gasteiger partial charge in [-0.15, -0.1) is 0 Å². The maximum absolute atomic E-state index is 6.01. The number of imidazole rings is 1. The number of nitrogens with zero attached hydrogens (tertiary/aromatic N) is 2. The Kier molecular flexibility index (Phi) is 1.77. The van der Waals surface area contributed by atoms with Crippen LogP contribution in [0.3, 0.4) is 0 Å². The highest BCUT2D eigenvalue weighted by atomic mass is 35.5. The summed E-state index contributed by atoms with van der Waals surface area (Å²) >= 11 is 6.01. The van der Waals surface area contributed by atoms with Crippen LogP contribution in [-0.4, -0.2) is 14.5 Å². The summed E-state index contributed by atoms with van der Waals surface area (Å²) in [5.41, 5.74) is 7.26. The van der Waals surface area contributed by atoms with Crippen LogP contribution in [0.5, 0.6) is 0 Å². The molecular weight excluding hydrogens is 188 g/mol. The van der Waals surface area contributed by atoms with Crippen molar-refractivity contribution in [1.82, 2.24) is 14.5 Å². The van der Waals surface area contributed by atoms with Gasteiger partial charge in [-0.05, 0) is 6.07 Å². The molecule has 4 nitrogen and oxygen atoms in total. The molecule has 2 aromatic heterocycles.